The molecule has 0 atom stereocenters. The lowest BCUT2D eigenvalue weighted by atomic mass is 9.98. The third-order valence-corrected chi connectivity index (χ3v) is 5.52. The van der Waals surface area contributed by atoms with Crippen LogP contribution in [0.25, 0.3) is 17.0 Å². The highest BCUT2D eigenvalue weighted by molar-refractivity contribution is 6.15. The lowest BCUT2D eigenvalue weighted by Crippen LogP contribution is -1.99. The van der Waals surface area contributed by atoms with Crippen LogP contribution in [0.2, 0.25) is 0 Å². The number of carbonyl (C=O) groups excluding carboxylic acids is 1. The van der Waals surface area contributed by atoms with E-state index in [9.17, 15) is 4.79 Å². The number of aryl methyl sites for hydroxylation is 2. The summed E-state index contributed by atoms with van der Waals surface area (Å²) in [6.45, 7) is 3.93. The summed E-state index contributed by atoms with van der Waals surface area (Å²) in [6.07, 6.45) is 2.23. The molecule has 0 saturated carbocycles. The third kappa shape index (κ3) is 2.78. The average molecular weight is 400 g/mol. The normalized spacial score (nSPS) is 14.4. The van der Waals surface area contributed by atoms with Crippen molar-refractivity contribution >= 4 is 22.8 Å². The van der Waals surface area contributed by atoms with Crippen LogP contribution in [0.15, 0.2) is 42.2 Å². The van der Waals surface area contributed by atoms with Crippen molar-refractivity contribution in [3.05, 3.63) is 75.9 Å². The van der Waals surface area contributed by atoms with Gasteiger partial charge < -0.3 is 9.47 Å². The highest BCUT2D eigenvalue weighted by Gasteiger charge is 2.32. The monoisotopic (exact) mass is 400 g/mol. The van der Waals surface area contributed by atoms with Gasteiger partial charge in [0.1, 0.15) is 11.5 Å². The van der Waals surface area contributed by atoms with E-state index in [-0.39, 0.29) is 11.5 Å². The van der Waals surface area contributed by atoms with Crippen molar-refractivity contribution in [2.24, 2.45) is 0 Å². The molecule has 5 rings (SSSR count). The number of ether oxygens (including phenoxy) is 2. The summed E-state index contributed by atoms with van der Waals surface area (Å²) in [5, 5.41) is 15.5. The number of methoxy groups -OCH3 is 1. The topological polar surface area (TPSA) is 92.9 Å². The van der Waals surface area contributed by atoms with Gasteiger partial charge in [-0.2, -0.15) is 10.2 Å². The van der Waals surface area contributed by atoms with E-state index in [2.05, 4.69) is 20.4 Å². The molecule has 2 aromatic carbocycles. The minimum atomic E-state index is -0.165. The first-order chi connectivity index (χ1) is 14.6. The van der Waals surface area contributed by atoms with Gasteiger partial charge in [-0.15, -0.1) is 0 Å². The fourth-order valence-electron chi connectivity index (χ4n) is 3.88. The molecule has 3 heterocycles. The highest BCUT2D eigenvalue weighted by atomic mass is 16.5. The number of Topliss-reactive ketones (excluding diaryl/α,β-unsaturated/α-hetero) is 1. The minimum Gasteiger partial charge on any atom is -0.496 e. The second-order valence-electron chi connectivity index (χ2n) is 7.31. The molecule has 30 heavy (non-hydrogen) atoms. The number of allylic oxidation sites excluding steroid dienone is 1. The van der Waals surface area contributed by atoms with Crippen LogP contribution < -0.4 is 9.47 Å². The molecule has 2 N–H and O–H groups in total. The molecule has 0 radical (unpaired) electrons. The Morgan fingerprint density at radius 1 is 1.07 bits per heavy atom. The number of H-pyrrole nitrogens is 2. The van der Waals surface area contributed by atoms with Crippen LogP contribution in [0.4, 0.5) is 0 Å². The summed E-state index contributed by atoms with van der Waals surface area (Å²) in [7, 11) is 1.61. The van der Waals surface area contributed by atoms with Gasteiger partial charge in [-0.05, 0) is 32.0 Å². The van der Waals surface area contributed by atoms with Crippen LogP contribution in [-0.4, -0.2) is 33.3 Å². The fourth-order valence-corrected chi connectivity index (χ4v) is 3.88. The summed E-state index contributed by atoms with van der Waals surface area (Å²) in [6, 6.07) is 11.3. The van der Waals surface area contributed by atoms with Crippen molar-refractivity contribution in [3.63, 3.8) is 0 Å². The zero-order valence-corrected chi connectivity index (χ0v) is 16.9. The highest BCUT2D eigenvalue weighted by Crippen LogP contribution is 2.41. The van der Waals surface area contributed by atoms with Crippen LogP contribution in [0.5, 0.6) is 11.5 Å². The Labute approximate surface area is 172 Å². The second kappa shape index (κ2) is 6.88. The number of aromatic nitrogens is 4. The molecular formula is C23H20N4O3. The van der Waals surface area contributed by atoms with Crippen molar-refractivity contribution in [2.45, 2.75) is 20.3 Å². The van der Waals surface area contributed by atoms with Gasteiger partial charge in [-0.3, -0.25) is 15.0 Å². The van der Waals surface area contributed by atoms with Crippen molar-refractivity contribution in [1.29, 1.82) is 0 Å². The van der Waals surface area contributed by atoms with Gasteiger partial charge in [0.05, 0.1) is 29.6 Å². The zero-order valence-electron chi connectivity index (χ0n) is 16.9. The Bertz CT molecular complexity index is 1310. The van der Waals surface area contributed by atoms with Crippen LogP contribution in [0, 0.1) is 13.8 Å². The number of benzene rings is 2. The molecule has 0 unspecified atom stereocenters. The molecule has 0 fully saturated rings. The molecule has 0 saturated heterocycles. The Hall–Kier alpha value is -3.87. The Kier molecular flexibility index (Phi) is 4.17. The number of para-hydroxylation sites is 1. The zero-order chi connectivity index (χ0) is 20.8. The van der Waals surface area contributed by atoms with Gasteiger partial charge in [-0.25, -0.2) is 0 Å². The van der Waals surface area contributed by atoms with Crippen molar-refractivity contribution in [1.82, 2.24) is 20.4 Å². The third-order valence-electron chi connectivity index (χ3n) is 5.52. The molecule has 0 spiro atoms. The van der Waals surface area contributed by atoms with E-state index in [1.807, 2.05) is 44.2 Å². The van der Waals surface area contributed by atoms with E-state index >= 15 is 0 Å². The van der Waals surface area contributed by atoms with Gasteiger partial charge in [-0.1, -0.05) is 18.2 Å². The number of ketones is 1. The molecule has 150 valence electrons. The first kappa shape index (κ1) is 18.2. The lowest BCUT2D eigenvalue weighted by molar-refractivity contribution is 0.101. The second-order valence-corrected chi connectivity index (χ2v) is 7.31. The molecular weight excluding hydrogens is 380 g/mol. The van der Waals surface area contributed by atoms with Gasteiger partial charge in [0.2, 0.25) is 5.78 Å². The quantitative estimate of drug-likeness (QED) is 0.503. The van der Waals surface area contributed by atoms with Crippen molar-refractivity contribution < 1.29 is 14.3 Å². The van der Waals surface area contributed by atoms with Gasteiger partial charge >= 0.3 is 0 Å². The Balaban J connectivity index is 1.59. The molecule has 0 amide bonds. The van der Waals surface area contributed by atoms with Gasteiger partial charge in [0.25, 0.3) is 0 Å². The summed E-state index contributed by atoms with van der Waals surface area (Å²) in [5.74, 6) is 1.29. The maximum atomic E-state index is 13.1. The predicted molar refractivity (Wildman–Crippen MR) is 113 cm³/mol. The molecule has 4 aromatic rings. The molecule has 2 aromatic heterocycles. The average Bonchev–Trinajstić information content (AvgIpc) is 3.41. The maximum Gasteiger partial charge on any atom is 0.232 e. The molecule has 7 nitrogen and oxygen atoms in total. The van der Waals surface area contributed by atoms with Crippen LogP contribution >= 0.6 is 0 Å². The number of nitrogens with zero attached hydrogens (tertiary/aromatic N) is 2. The van der Waals surface area contributed by atoms with E-state index in [1.165, 1.54) is 0 Å². The van der Waals surface area contributed by atoms with E-state index in [1.54, 1.807) is 19.3 Å². The van der Waals surface area contributed by atoms with Gasteiger partial charge in [0.15, 0.2) is 5.76 Å². The molecule has 1 aliphatic rings. The standard InChI is InChI=1S/C23H20N4O3/c1-12-16(13(2)25-24-12)10-17-20(29-3)9-8-15-22(28)21(30-23(15)17)11-19-14-6-4-5-7-18(14)26-27-19/h4-9,11H,10H2,1-3H3,(H,24,25)(H,26,27)/b21-11-. The van der Waals surface area contributed by atoms with Crippen LogP contribution in [-0.2, 0) is 6.42 Å². The largest absolute Gasteiger partial charge is 0.496 e. The minimum absolute atomic E-state index is 0.165. The smallest absolute Gasteiger partial charge is 0.232 e. The Morgan fingerprint density at radius 3 is 2.67 bits per heavy atom. The number of hydrogen-bond acceptors (Lipinski definition) is 5. The molecule has 1 aliphatic heterocycles. The number of rotatable bonds is 4. The van der Waals surface area contributed by atoms with Gasteiger partial charge in [0, 0.05) is 34.7 Å². The van der Waals surface area contributed by atoms with E-state index < -0.39 is 0 Å². The number of carbonyl (C=O) groups is 1. The maximum absolute atomic E-state index is 13.1. The van der Waals surface area contributed by atoms with Crippen LogP contribution in [0.1, 0.15) is 38.6 Å². The van der Waals surface area contributed by atoms with Crippen molar-refractivity contribution in [3.8, 4) is 11.5 Å². The first-order valence-corrected chi connectivity index (χ1v) is 9.64. The van der Waals surface area contributed by atoms with Crippen molar-refractivity contribution in [2.75, 3.05) is 7.11 Å². The van der Waals surface area contributed by atoms with E-state index in [4.69, 9.17) is 9.47 Å². The summed E-state index contributed by atoms with van der Waals surface area (Å²) < 4.78 is 11.7. The number of fused-ring (bicyclic) bond motifs is 2. The number of aromatic amines is 2. The van der Waals surface area contributed by atoms with E-state index in [0.717, 1.165) is 33.4 Å². The fraction of sp³-hybridized carbons (Fsp3) is 0.174. The predicted octanol–water partition coefficient (Wildman–Crippen LogP) is 4.12. The number of hydrogen-bond donors (Lipinski definition) is 2. The molecule has 0 aliphatic carbocycles. The summed E-state index contributed by atoms with van der Waals surface area (Å²) in [5.41, 5.74) is 5.87. The molecule has 7 heteroatoms. The van der Waals surface area contributed by atoms with E-state index in [0.29, 0.717) is 29.2 Å². The summed E-state index contributed by atoms with van der Waals surface area (Å²) in [4.78, 5) is 13.1. The lowest BCUT2D eigenvalue weighted by Gasteiger charge is -2.12. The molecule has 0 bridgehead atoms. The SMILES string of the molecule is COc1ccc2c(c1Cc1c(C)n[nH]c1C)O/C(=C\c1n[nH]c3ccccc13)C2=O. The Morgan fingerprint density at radius 2 is 1.90 bits per heavy atom. The number of nitrogens with one attached hydrogen (secondary N) is 2. The van der Waals surface area contributed by atoms with Crippen LogP contribution in [0.3, 0.4) is 0 Å². The first-order valence-electron chi connectivity index (χ1n) is 9.64. The summed E-state index contributed by atoms with van der Waals surface area (Å²) >= 11 is 0.